The molecule has 1 aliphatic carbocycles. The molecule has 11 rings (SSSR count). The van der Waals surface area contributed by atoms with Crippen LogP contribution < -0.4 is 9.80 Å². The summed E-state index contributed by atoms with van der Waals surface area (Å²) in [5, 5.41) is 7.63. The Bertz CT molecular complexity index is 2750. The Morgan fingerprint density at radius 3 is 0.847 bits per heavy atom. The van der Waals surface area contributed by atoms with Gasteiger partial charge in [0.15, 0.2) is 0 Å². The fraction of sp³-hybridized carbons (Fsp3) is 0.0526. The Morgan fingerprint density at radius 1 is 0.271 bits per heavy atom. The van der Waals surface area contributed by atoms with Crippen molar-refractivity contribution in [1.82, 2.24) is 0 Å². The summed E-state index contributed by atoms with van der Waals surface area (Å²) in [4.78, 5) is 4.83. The molecule has 10 aromatic rings. The van der Waals surface area contributed by atoms with Crippen LogP contribution >= 0.6 is 0 Å². The number of rotatable bonds is 8. The van der Waals surface area contributed by atoms with Crippen LogP contribution in [0.3, 0.4) is 0 Å². The molecule has 0 saturated carbocycles. The molecule has 0 amide bonds. The van der Waals surface area contributed by atoms with E-state index in [1.54, 1.807) is 0 Å². The van der Waals surface area contributed by atoms with Crippen molar-refractivity contribution in [3.05, 3.63) is 253 Å². The maximum absolute atomic E-state index is 2.49. The van der Waals surface area contributed by atoms with Crippen LogP contribution in [0.25, 0.3) is 32.3 Å². The van der Waals surface area contributed by atoms with Crippen molar-refractivity contribution in [2.45, 2.75) is 19.3 Å². The van der Waals surface area contributed by atoms with Gasteiger partial charge in [-0.15, -0.1) is 0 Å². The first-order valence-electron chi connectivity index (χ1n) is 20.7. The molecule has 2 heteroatoms. The highest BCUT2D eigenvalue weighted by Gasteiger charge is 2.46. The average Bonchev–Trinajstić information content (AvgIpc) is 3.62. The quantitative estimate of drug-likeness (QED) is 0.142. The number of para-hydroxylation sites is 4. The van der Waals surface area contributed by atoms with Gasteiger partial charge in [0.05, 0.1) is 5.41 Å². The molecule has 0 fully saturated rings. The minimum Gasteiger partial charge on any atom is -0.310 e. The van der Waals surface area contributed by atoms with E-state index in [-0.39, 0.29) is 0 Å². The molecule has 0 spiro atoms. The van der Waals surface area contributed by atoms with Crippen LogP contribution in [-0.4, -0.2) is 0 Å². The molecular weight excluding hydrogens is 713 g/mol. The van der Waals surface area contributed by atoms with Gasteiger partial charge in [-0.3, -0.25) is 0 Å². The third kappa shape index (κ3) is 5.79. The molecule has 282 valence electrons. The number of anilines is 6. The third-order valence-electron chi connectivity index (χ3n) is 11.8. The van der Waals surface area contributed by atoms with Gasteiger partial charge < -0.3 is 9.80 Å². The lowest BCUT2D eigenvalue weighted by molar-refractivity contribution is 0.771. The molecule has 0 saturated heterocycles. The van der Waals surface area contributed by atoms with Gasteiger partial charge in [-0.05, 0) is 127 Å². The first-order valence-corrected chi connectivity index (χ1v) is 20.7. The number of hydrogen-bond donors (Lipinski definition) is 0. The number of benzene rings is 10. The van der Waals surface area contributed by atoms with Crippen LogP contribution in [-0.2, 0) is 5.41 Å². The second-order valence-corrected chi connectivity index (χ2v) is 14.9. The summed E-state index contributed by atoms with van der Waals surface area (Å²) in [6.07, 6.45) is 0. The Kier molecular flexibility index (Phi) is 9.24. The molecule has 0 radical (unpaired) electrons. The first-order chi connectivity index (χ1) is 29.3. The Labute approximate surface area is 346 Å². The maximum atomic E-state index is 2.49. The van der Waals surface area contributed by atoms with Crippen molar-refractivity contribution in [2.75, 3.05) is 9.80 Å². The second kappa shape index (κ2) is 15.2. The molecule has 0 bridgehead atoms. The van der Waals surface area contributed by atoms with E-state index in [0.717, 1.165) is 34.1 Å². The van der Waals surface area contributed by atoms with Crippen LogP contribution in [0, 0.1) is 0 Å². The lowest BCUT2D eigenvalue weighted by Crippen LogP contribution is -2.29. The lowest BCUT2D eigenvalue weighted by Gasteiger charge is -2.36. The summed E-state index contributed by atoms with van der Waals surface area (Å²) in [6.45, 7) is 4.00. The summed E-state index contributed by atoms with van der Waals surface area (Å²) in [7, 11) is 0. The SMILES string of the molecule is CC.c1ccc(N(c2ccccc2)c2cc3c4c(c2)c2ccccc2c2cc(N(c5ccccc5)c5ccccc5)cc(c24)C3(c2ccccc2)c2ccccc2)cc1. The van der Waals surface area contributed by atoms with E-state index in [4.69, 9.17) is 0 Å². The maximum Gasteiger partial charge on any atom is 0.0715 e. The molecule has 59 heavy (non-hydrogen) atoms. The molecule has 0 heterocycles. The predicted molar refractivity (Wildman–Crippen MR) is 252 cm³/mol. The van der Waals surface area contributed by atoms with Gasteiger partial charge in [0, 0.05) is 34.1 Å². The predicted octanol–water partition coefficient (Wildman–Crippen LogP) is 15.8. The van der Waals surface area contributed by atoms with Crippen LogP contribution in [0.5, 0.6) is 0 Å². The molecule has 0 aromatic heterocycles. The van der Waals surface area contributed by atoms with E-state index in [1.165, 1.54) is 54.6 Å². The van der Waals surface area contributed by atoms with Gasteiger partial charge in [0.1, 0.15) is 0 Å². The van der Waals surface area contributed by atoms with Crippen LogP contribution in [0.4, 0.5) is 34.1 Å². The largest absolute Gasteiger partial charge is 0.310 e. The van der Waals surface area contributed by atoms with E-state index in [2.05, 4.69) is 240 Å². The topological polar surface area (TPSA) is 6.48 Å². The highest BCUT2D eigenvalue weighted by atomic mass is 15.1. The van der Waals surface area contributed by atoms with Gasteiger partial charge in [-0.25, -0.2) is 0 Å². The summed E-state index contributed by atoms with van der Waals surface area (Å²) in [6, 6.07) is 84.3. The zero-order valence-electron chi connectivity index (χ0n) is 33.3. The molecule has 0 aliphatic heterocycles. The molecule has 10 aromatic carbocycles. The minimum absolute atomic E-state index is 0.636. The van der Waals surface area contributed by atoms with Crippen molar-refractivity contribution >= 4 is 66.4 Å². The zero-order valence-corrected chi connectivity index (χ0v) is 33.3. The molecule has 1 aliphatic rings. The average molecular weight is 757 g/mol. The van der Waals surface area contributed by atoms with Crippen molar-refractivity contribution in [2.24, 2.45) is 0 Å². The van der Waals surface area contributed by atoms with E-state index in [0.29, 0.717) is 0 Å². The fourth-order valence-electron chi connectivity index (χ4n) is 9.53. The van der Waals surface area contributed by atoms with Crippen LogP contribution in [0.1, 0.15) is 36.1 Å². The fourth-order valence-corrected chi connectivity index (χ4v) is 9.53. The number of hydrogen-bond acceptors (Lipinski definition) is 2. The normalized spacial score (nSPS) is 12.4. The summed E-state index contributed by atoms with van der Waals surface area (Å²) >= 11 is 0. The Balaban J connectivity index is 0.00000207. The monoisotopic (exact) mass is 756 g/mol. The minimum atomic E-state index is -0.636. The number of nitrogens with zero attached hydrogens (tertiary/aromatic N) is 2. The van der Waals surface area contributed by atoms with Gasteiger partial charge in [-0.1, -0.05) is 172 Å². The van der Waals surface area contributed by atoms with Crippen molar-refractivity contribution in [3.8, 4) is 0 Å². The standard InChI is InChI=1S/C55H38N2.C2H6/c1-7-21-39(22-8-1)55(40-23-9-2-10-24-40)51-37-45(56(41-25-11-3-12-26-41)42-27-13-4-14-28-42)35-49-47-33-19-20-34-48(47)50-36-46(38-52(55)54(50)53(49)51)57(43-29-15-5-16-30-43)44-31-17-6-18-32-44;1-2/h1-38H;1-2H3. The summed E-state index contributed by atoms with van der Waals surface area (Å²) in [5.74, 6) is 0. The molecule has 0 N–H and O–H groups in total. The van der Waals surface area contributed by atoms with E-state index in [1.807, 2.05) is 13.8 Å². The van der Waals surface area contributed by atoms with Crippen molar-refractivity contribution < 1.29 is 0 Å². The van der Waals surface area contributed by atoms with E-state index in [9.17, 15) is 0 Å². The van der Waals surface area contributed by atoms with Gasteiger partial charge in [0.2, 0.25) is 0 Å². The highest BCUT2D eigenvalue weighted by Crippen LogP contribution is 2.60. The molecule has 0 unspecified atom stereocenters. The first kappa shape index (κ1) is 36.0. The van der Waals surface area contributed by atoms with Crippen molar-refractivity contribution in [1.29, 1.82) is 0 Å². The van der Waals surface area contributed by atoms with E-state index >= 15 is 0 Å². The Hall–Kier alpha value is -7.42. The number of fused-ring (bicyclic) bond motifs is 3. The van der Waals surface area contributed by atoms with Gasteiger partial charge >= 0.3 is 0 Å². The van der Waals surface area contributed by atoms with E-state index < -0.39 is 5.41 Å². The zero-order chi connectivity index (χ0) is 39.8. The van der Waals surface area contributed by atoms with Crippen LogP contribution in [0.2, 0.25) is 0 Å². The molecule has 2 nitrogen and oxygen atoms in total. The molecule has 0 atom stereocenters. The lowest BCUT2D eigenvalue weighted by atomic mass is 9.67. The second-order valence-electron chi connectivity index (χ2n) is 14.9. The smallest absolute Gasteiger partial charge is 0.0715 e. The summed E-state index contributed by atoms with van der Waals surface area (Å²) in [5.41, 5.74) is 11.1. The molecular formula is C57H44N2. The third-order valence-corrected chi connectivity index (χ3v) is 11.8. The summed E-state index contributed by atoms with van der Waals surface area (Å²) < 4.78 is 0. The van der Waals surface area contributed by atoms with Crippen LogP contribution in [0.15, 0.2) is 231 Å². The Morgan fingerprint density at radius 2 is 0.542 bits per heavy atom. The highest BCUT2D eigenvalue weighted by molar-refractivity contribution is 6.30. The van der Waals surface area contributed by atoms with Crippen molar-refractivity contribution in [3.63, 3.8) is 0 Å². The van der Waals surface area contributed by atoms with Gasteiger partial charge in [0.25, 0.3) is 0 Å². The van der Waals surface area contributed by atoms with Gasteiger partial charge in [-0.2, -0.15) is 0 Å².